The van der Waals surface area contributed by atoms with Gasteiger partial charge >= 0.3 is 0 Å². The molecule has 0 aromatic heterocycles. The third kappa shape index (κ3) is 3.39. The number of nitrogens with two attached hydrogens (primary N) is 1. The largest absolute Gasteiger partial charge is 0.384 e. The number of benzene rings is 1. The van der Waals surface area contributed by atoms with Gasteiger partial charge in [0.2, 0.25) is 0 Å². The Labute approximate surface area is 118 Å². The molecule has 0 atom stereocenters. The predicted molar refractivity (Wildman–Crippen MR) is 78.7 cm³/mol. The monoisotopic (exact) mass is 281 g/mol. The molecule has 4 N–H and O–H groups in total. The Bertz CT molecular complexity index is 470. The van der Waals surface area contributed by atoms with Crippen molar-refractivity contribution in [3.8, 4) is 0 Å². The molecule has 0 unspecified atom stereocenters. The summed E-state index contributed by atoms with van der Waals surface area (Å²) in [5, 5.41) is 7.08. The van der Waals surface area contributed by atoms with Gasteiger partial charge in [-0.15, -0.1) is 0 Å². The molecule has 4 nitrogen and oxygen atoms in total. The maximum Gasteiger partial charge on any atom is 0.252 e. The zero-order valence-electron chi connectivity index (χ0n) is 11.1. The number of piperidine rings is 1. The quantitative estimate of drug-likeness (QED) is 0.793. The van der Waals surface area contributed by atoms with E-state index in [1.54, 1.807) is 6.07 Å². The van der Waals surface area contributed by atoms with E-state index in [0.29, 0.717) is 10.6 Å². The van der Waals surface area contributed by atoms with E-state index >= 15 is 0 Å². The molecule has 1 fully saturated rings. The van der Waals surface area contributed by atoms with Crippen LogP contribution in [0, 0.1) is 5.41 Å². The van der Waals surface area contributed by atoms with Crippen molar-refractivity contribution >= 4 is 23.2 Å². The Morgan fingerprint density at radius 3 is 2.79 bits per heavy atom. The van der Waals surface area contributed by atoms with Crippen LogP contribution in [0.4, 0.5) is 5.69 Å². The van der Waals surface area contributed by atoms with Gasteiger partial charge < -0.3 is 16.4 Å². The fourth-order valence-electron chi connectivity index (χ4n) is 2.44. The lowest BCUT2D eigenvalue weighted by Crippen LogP contribution is -2.39. The molecule has 1 saturated heterocycles. The van der Waals surface area contributed by atoms with Crippen LogP contribution in [0.25, 0.3) is 0 Å². The van der Waals surface area contributed by atoms with Gasteiger partial charge in [-0.25, -0.2) is 0 Å². The van der Waals surface area contributed by atoms with Gasteiger partial charge in [0.25, 0.3) is 5.91 Å². The summed E-state index contributed by atoms with van der Waals surface area (Å²) in [6, 6.07) is 5.34. The smallest absolute Gasteiger partial charge is 0.252 e. The van der Waals surface area contributed by atoms with Gasteiger partial charge in [0, 0.05) is 12.2 Å². The summed E-state index contributed by atoms with van der Waals surface area (Å²) >= 11 is 6.03. The molecule has 1 amide bonds. The van der Waals surface area contributed by atoms with Crippen LogP contribution < -0.4 is 16.4 Å². The second-order valence-corrected chi connectivity index (χ2v) is 5.85. The van der Waals surface area contributed by atoms with Crippen molar-refractivity contribution in [2.45, 2.75) is 19.8 Å². The summed E-state index contributed by atoms with van der Waals surface area (Å²) in [5.74, 6) is -0.497. The van der Waals surface area contributed by atoms with E-state index in [2.05, 4.69) is 17.6 Å². The van der Waals surface area contributed by atoms with Gasteiger partial charge in [0.05, 0.1) is 10.6 Å². The number of primary amides is 1. The molecule has 0 aliphatic carbocycles. The van der Waals surface area contributed by atoms with E-state index in [1.807, 2.05) is 12.1 Å². The van der Waals surface area contributed by atoms with E-state index < -0.39 is 5.91 Å². The molecular formula is C14H20ClN3O. The van der Waals surface area contributed by atoms with Crippen LogP contribution in [0.1, 0.15) is 30.1 Å². The van der Waals surface area contributed by atoms with Crippen molar-refractivity contribution in [2.24, 2.45) is 11.1 Å². The van der Waals surface area contributed by atoms with Gasteiger partial charge in [-0.05, 0) is 43.5 Å². The molecule has 0 radical (unpaired) electrons. The first-order valence-corrected chi connectivity index (χ1v) is 6.93. The molecule has 1 aromatic rings. The minimum atomic E-state index is -0.497. The van der Waals surface area contributed by atoms with Crippen LogP contribution in [0.5, 0.6) is 0 Å². The molecule has 1 aliphatic heterocycles. The molecule has 104 valence electrons. The fourth-order valence-corrected chi connectivity index (χ4v) is 2.71. The molecule has 0 spiro atoms. The van der Waals surface area contributed by atoms with Crippen molar-refractivity contribution < 1.29 is 4.79 Å². The second kappa shape index (κ2) is 5.80. The Balaban J connectivity index is 2.11. The van der Waals surface area contributed by atoms with Gasteiger partial charge in [0.15, 0.2) is 0 Å². The summed E-state index contributed by atoms with van der Waals surface area (Å²) in [5.41, 5.74) is 6.72. The lowest BCUT2D eigenvalue weighted by molar-refractivity contribution is 0.100. The van der Waals surface area contributed by atoms with Crippen molar-refractivity contribution in [3.05, 3.63) is 28.8 Å². The normalized spacial score (nSPS) is 18.0. The van der Waals surface area contributed by atoms with Crippen molar-refractivity contribution in [2.75, 3.05) is 25.0 Å². The summed E-state index contributed by atoms with van der Waals surface area (Å²) in [7, 11) is 0. The zero-order chi connectivity index (χ0) is 13.9. The first kappa shape index (κ1) is 14.2. The van der Waals surface area contributed by atoms with Crippen LogP contribution in [0.2, 0.25) is 5.02 Å². The van der Waals surface area contributed by atoms with Crippen LogP contribution in [-0.2, 0) is 0 Å². The van der Waals surface area contributed by atoms with Gasteiger partial charge in [-0.3, -0.25) is 4.79 Å². The summed E-state index contributed by atoms with van der Waals surface area (Å²) < 4.78 is 0. The highest BCUT2D eigenvalue weighted by Gasteiger charge is 2.26. The summed E-state index contributed by atoms with van der Waals surface area (Å²) in [6.45, 7) is 5.15. The lowest BCUT2D eigenvalue weighted by atomic mass is 9.81. The molecule has 1 aromatic carbocycles. The standard InChI is InChI=1S/C14H20ClN3O/c1-14(5-7-17-8-6-14)9-18-11-4-2-3-10(15)12(11)13(16)19/h2-4,17-18H,5-9H2,1H3,(H2,16,19). The van der Waals surface area contributed by atoms with Crippen LogP contribution >= 0.6 is 11.6 Å². The Morgan fingerprint density at radius 1 is 1.47 bits per heavy atom. The Morgan fingerprint density at radius 2 is 2.16 bits per heavy atom. The van der Waals surface area contributed by atoms with Crippen LogP contribution in [0.15, 0.2) is 18.2 Å². The highest BCUT2D eigenvalue weighted by molar-refractivity contribution is 6.34. The van der Waals surface area contributed by atoms with Crippen molar-refractivity contribution in [1.29, 1.82) is 0 Å². The van der Waals surface area contributed by atoms with E-state index in [1.165, 1.54) is 0 Å². The van der Waals surface area contributed by atoms with Crippen molar-refractivity contribution in [3.63, 3.8) is 0 Å². The molecule has 0 saturated carbocycles. The highest BCUT2D eigenvalue weighted by Crippen LogP contribution is 2.30. The average Bonchev–Trinajstić information content (AvgIpc) is 2.37. The SMILES string of the molecule is CC1(CNc2cccc(Cl)c2C(N)=O)CCNCC1. The predicted octanol–water partition coefficient (Wildman–Crippen LogP) is 2.24. The number of halogens is 1. The number of anilines is 1. The number of hydrogen-bond donors (Lipinski definition) is 3. The number of nitrogens with one attached hydrogen (secondary N) is 2. The van der Waals surface area contributed by atoms with Gasteiger partial charge in [0.1, 0.15) is 0 Å². The zero-order valence-corrected chi connectivity index (χ0v) is 11.9. The molecule has 0 bridgehead atoms. The van der Waals surface area contributed by atoms with E-state index in [0.717, 1.165) is 38.2 Å². The number of hydrogen-bond acceptors (Lipinski definition) is 3. The van der Waals surface area contributed by atoms with E-state index in [-0.39, 0.29) is 5.41 Å². The molecule has 1 aliphatic rings. The van der Waals surface area contributed by atoms with Crippen LogP contribution in [-0.4, -0.2) is 25.5 Å². The summed E-state index contributed by atoms with van der Waals surface area (Å²) in [4.78, 5) is 11.5. The maximum absolute atomic E-state index is 11.5. The third-order valence-corrected chi connectivity index (χ3v) is 4.09. The van der Waals surface area contributed by atoms with Crippen molar-refractivity contribution in [1.82, 2.24) is 5.32 Å². The molecular weight excluding hydrogens is 262 g/mol. The minimum Gasteiger partial charge on any atom is -0.384 e. The average molecular weight is 282 g/mol. The second-order valence-electron chi connectivity index (χ2n) is 5.44. The number of amides is 1. The third-order valence-electron chi connectivity index (χ3n) is 3.78. The fraction of sp³-hybridized carbons (Fsp3) is 0.500. The van der Waals surface area contributed by atoms with Gasteiger partial charge in [-0.2, -0.15) is 0 Å². The molecule has 5 heteroatoms. The number of rotatable bonds is 4. The highest BCUT2D eigenvalue weighted by atomic mass is 35.5. The minimum absolute atomic E-state index is 0.239. The number of carbonyl (C=O) groups is 1. The molecule has 2 rings (SSSR count). The van der Waals surface area contributed by atoms with E-state index in [9.17, 15) is 4.79 Å². The lowest BCUT2D eigenvalue weighted by Gasteiger charge is -2.34. The Hall–Kier alpha value is -1.26. The first-order chi connectivity index (χ1) is 9.02. The molecule has 1 heterocycles. The van der Waals surface area contributed by atoms with Gasteiger partial charge in [-0.1, -0.05) is 24.6 Å². The maximum atomic E-state index is 11.5. The Kier molecular flexibility index (Phi) is 4.32. The topological polar surface area (TPSA) is 67.1 Å². The van der Waals surface area contributed by atoms with Crippen LogP contribution in [0.3, 0.4) is 0 Å². The number of carbonyl (C=O) groups excluding carboxylic acids is 1. The first-order valence-electron chi connectivity index (χ1n) is 6.55. The van der Waals surface area contributed by atoms with E-state index in [4.69, 9.17) is 17.3 Å². The summed E-state index contributed by atoms with van der Waals surface area (Å²) in [6.07, 6.45) is 2.24. The molecule has 19 heavy (non-hydrogen) atoms.